The van der Waals surface area contributed by atoms with Crippen molar-refractivity contribution in [1.29, 1.82) is 0 Å². The third-order valence-corrected chi connectivity index (χ3v) is 2.55. The highest BCUT2D eigenvalue weighted by Gasteiger charge is 2.43. The van der Waals surface area contributed by atoms with Gasteiger partial charge in [0, 0.05) is 27.7 Å². The highest BCUT2D eigenvalue weighted by atomic mass is 16.6. The van der Waals surface area contributed by atoms with Gasteiger partial charge in [-0.1, -0.05) is 0 Å². The van der Waals surface area contributed by atoms with Crippen molar-refractivity contribution in [3.05, 3.63) is 0 Å². The Hall–Kier alpha value is -2.49. The quantitative estimate of drug-likeness (QED) is 0.310. The van der Waals surface area contributed by atoms with Gasteiger partial charge in [0.05, 0.1) is 6.61 Å². The molecule has 0 saturated carbocycles. The predicted octanol–water partition coefficient (Wildman–Crippen LogP) is -1.10. The fourth-order valence-electron chi connectivity index (χ4n) is 1.84. The highest BCUT2D eigenvalue weighted by molar-refractivity contribution is 5.72. The minimum Gasteiger partial charge on any atom is -0.456 e. The lowest BCUT2D eigenvalue weighted by Crippen LogP contribution is -2.53. The Labute approximate surface area is 138 Å². The number of aliphatic hydroxyl groups is 1. The lowest BCUT2D eigenvalue weighted by Gasteiger charge is -2.33. The predicted molar refractivity (Wildman–Crippen MR) is 75.4 cm³/mol. The van der Waals surface area contributed by atoms with Crippen molar-refractivity contribution in [2.24, 2.45) is 0 Å². The number of hydrogen-bond acceptors (Lipinski definition) is 10. The van der Waals surface area contributed by atoms with Gasteiger partial charge in [0.15, 0.2) is 30.7 Å². The summed E-state index contributed by atoms with van der Waals surface area (Å²) in [6, 6.07) is 0. The maximum atomic E-state index is 11.3. The summed E-state index contributed by atoms with van der Waals surface area (Å²) in [6.07, 6.45) is -6.12. The summed E-state index contributed by atoms with van der Waals surface area (Å²) < 4.78 is 19.4. The summed E-state index contributed by atoms with van der Waals surface area (Å²) in [5, 5.41) is 9.37. The largest absolute Gasteiger partial charge is 0.456 e. The molecule has 0 aliphatic heterocycles. The molecule has 0 aromatic rings. The Morgan fingerprint density at radius 1 is 0.792 bits per heavy atom. The fraction of sp³-hybridized carbons (Fsp3) is 0.643. The first-order chi connectivity index (χ1) is 11.1. The molecule has 0 aromatic heterocycles. The van der Waals surface area contributed by atoms with E-state index >= 15 is 0 Å². The smallest absolute Gasteiger partial charge is 0.303 e. The molecule has 10 nitrogen and oxygen atoms in total. The molecule has 4 atom stereocenters. The number of carbonyl (C=O) groups is 5. The van der Waals surface area contributed by atoms with Gasteiger partial charge >= 0.3 is 23.9 Å². The van der Waals surface area contributed by atoms with Gasteiger partial charge in [-0.15, -0.1) is 0 Å². The van der Waals surface area contributed by atoms with Crippen molar-refractivity contribution in [3.8, 4) is 0 Å². The van der Waals surface area contributed by atoms with Crippen molar-refractivity contribution in [3.63, 3.8) is 0 Å². The van der Waals surface area contributed by atoms with Gasteiger partial charge in [0.25, 0.3) is 0 Å². The van der Waals surface area contributed by atoms with E-state index in [1.54, 1.807) is 0 Å². The number of carbonyl (C=O) groups excluding carboxylic acids is 5. The molecule has 0 saturated heterocycles. The molecular formula is C14H20O10. The van der Waals surface area contributed by atoms with Crippen LogP contribution in [-0.2, 0) is 42.9 Å². The van der Waals surface area contributed by atoms with E-state index in [-0.39, 0.29) is 6.29 Å². The Balaban J connectivity index is 5.79. The van der Waals surface area contributed by atoms with Crippen LogP contribution in [0.3, 0.4) is 0 Å². The Bertz CT molecular complexity index is 486. The second kappa shape index (κ2) is 10.3. The zero-order valence-electron chi connectivity index (χ0n) is 13.7. The molecule has 10 heteroatoms. The molecule has 0 heterocycles. The number of ether oxygens (including phenoxy) is 4. The molecule has 0 fully saturated rings. The molecule has 0 aromatic carbocycles. The molecule has 0 aliphatic rings. The standard InChI is InChI=1S/C14H20O10/c1-7(17)21-11(5-15)13(23-9(3)19)14(24-10(4)20)12(6-16)22-8(2)18/h5,11-14,16H,6H2,1-4H3/t11-,12+,13-,14-/m0/s1. The van der Waals surface area contributed by atoms with Gasteiger partial charge in [-0.25, -0.2) is 0 Å². The SMILES string of the molecule is CC(=O)O[C@H]([C@@H](OC(C)=O)[C@@H](CO)OC(C)=O)[C@H](C=O)OC(C)=O. The molecule has 0 amide bonds. The van der Waals surface area contributed by atoms with Crippen LogP contribution >= 0.6 is 0 Å². The third-order valence-electron chi connectivity index (χ3n) is 2.55. The number of esters is 4. The van der Waals surface area contributed by atoms with E-state index < -0.39 is 54.9 Å². The Morgan fingerprint density at radius 2 is 1.21 bits per heavy atom. The number of aldehydes is 1. The molecule has 0 bridgehead atoms. The van der Waals surface area contributed by atoms with Crippen LogP contribution in [-0.4, -0.2) is 66.3 Å². The zero-order valence-corrected chi connectivity index (χ0v) is 13.7. The summed E-state index contributed by atoms with van der Waals surface area (Å²) in [7, 11) is 0. The summed E-state index contributed by atoms with van der Waals surface area (Å²) in [4.78, 5) is 56.0. The third kappa shape index (κ3) is 7.68. The van der Waals surface area contributed by atoms with E-state index in [4.69, 9.17) is 18.9 Å². The van der Waals surface area contributed by atoms with Gasteiger partial charge < -0.3 is 24.1 Å². The van der Waals surface area contributed by atoms with Crippen LogP contribution in [0.4, 0.5) is 0 Å². The van der Waals surface area contributed by atoms with E-state index in [9.17, 15) is 29.1 Å². The summed E-state index contributed by atoms with van der Waals surface area (Å²) in [5.74, 6) is -3.42. The normalized spacial score (nSPS) is 15.2. The number of aliphatic hydroxyl groups excluding tert-OH is 1. The van der Waals surface area contributed by atoms with E-state index in [0.717, 1.165) is 27.7 Å². The van der Waals surface area contributed by atoms with Crippen LogP contribution in [0, 0.1) is 0 Å². The molecule has 0 unspecified atom stereocenters. The number of hydrogen-bond donors (Lipinski definition) is 1. The van der Waals surface area contributed by atoms with Crippen molar-refractivity contribution in [2.45, 2.75) is 52.1 Å². The van der Waals surface area contributed by atoms with Crippen LogP contribution in [0.5, 0.6) is 0 Å². The summed E-state index contributed by atoms with van der Waals surface area (Å²) in [6.45, 7) is 3.27. The fourth-order valence-corrected chi connectivity index (χ4v) is 1.84. The topological polar surface area (TPSA) is 142 Å². The van der Waals surface area contributed by atoms with Crippen LogP contribution in [0.25, 0.3) is 0 Å². The molecule has 136 valence electrons. The average Bonchev–Trinajstić information content (AvgIpc) is 2.45. The first-order valence-electron chi connectivity index (χ1n) is 6.87. The second-order valence-electron chi connectivity index (χ2n) is 4.69. The maximum Gasteiger partial charge on any atom is 0.303 e. The van der Waals surface area contributed by atoms with Crippen LogP contribution in [0.15, 0.2) is 0 Å². The van der Waals surface area contributed by atoms with Crippen molar-refractivity contribution < 1.29 is 48.0 Å². The van der Waals surface area contributed by atoms with E-state index in [0.29, 0.717) is 0 Å². The Kier molecular flexibility index (Phi) is 9.25. The van der Waals surface area contributed by atoms with Crippen molar-refractivity contribution >= 4 is 30.2 Å². The molecule has 0 spiro atoms. The molecule has 0 radical (unpaired) electrons. The first-order valence-corrected chi connectivity index (χ1v) is 6.87. The van der Waals surface area contributed by atoms with Gasteiger partial charge in [-0.05, 0) is 0 Å². The summed E-state index contributed by atoms with van der Waals surface area (Å²) >= 11 is 0. The van der Waals surface area contributed by atoms with Crippen molar-refractivity contribution in [2.75, 3.05) is 6.61 Å². The minimum absolute atomic E-state index is 0.160. The van der Waals surface area contributed by atoms with E-state index in [1.165, 1.54) is 0 Å². The molecule has 24 heavy (non-hydrogen) atoms. The van der Waals surface area contributed by atoms with E-state index in [1.807, 2.05) is 0 Å². The Morgan fingerprint density at radius 3 is 1.54 bits per heavy atom. The monoisotopic (exact) mass is 348 g/mol. The van der Waals surface area contributed by atoms with Gasteiger partial charge in [0.2, 0.25) is 0 Å². The second-order valence-corrected chi connectivity index (χ2v) is 4.69. The highest BCUT2D eigenvalue weighted by Crippen LogP contribution is 2.18. The molecular weight excluding hydrogens is 328 g/mol. The van der Waals surface area contributed by atoms with Crippen molar-refractivity contribution in [1.82, 2.24) is 0 Å². The molecule has 1 N–H and O–H groups in total. The zero-order chi connectivity index (χ0) is 18.9. The average molecular weight is 348 g/mol. The van der Waals surface area contributed by atoms with Gasteiger partial charge in [0.1, 0.15) is 0 Å². The summed E-state index contributed by atoms with van der Waals surface area (Å²) in [5.41, 5.74) is 0. The first kappa shape index (κ1) is 21.5. The van der Waals surface area contributed by atoms with E-state index in [2.05, 4.69) is 0 Å². The lowest BCUT2D eigenvalue weighted by atomic mass is 10.0. The number of rotatable bonds is 9. The van der Waals surface area contributed by atoms with Crippen LogP contribution in [0.1, 0.15) is 27.7 Å². The maximum absolute atomic E-state index is 11.3. The minimum atomic E-state index is -1.64. The van der Waals surface area contributed by atoms with Gasteiger partial charge in [-0.2, -0.15) is 0 Å². The van der Waals surface area contributed by atoms with Gasteiger partial charge in [-0.3, -0.25) is 24.0 Å². The molecule has 0 aliphatic carbocycles. The lowest BCUT2D eigenvalue weighted by molar-refractivity contribution is -0.199. The molecule has 0 rings (SSSR count). The van der Waals surface area contributed by atoms with Crippen LogP contribution in [0.2, 0.25) is 0 Å². The van der Waals surface area contributed by atoms with Crippen LogP contribution < -0.4 is 0 Å².